The molecule has 246 valence electrons. The van der Waals surface area contributed by atoms with Crippen molar-refractivity contribution in [1.29, 1.82) is 0 Å². The zero-order valence-electron chi connectivity index (χ0n) is 29.2. The topological polar surface area (TPSA) is 17.8 Å². The molecule has 0 unspecified atom stereocenters. The molecule has 0 saturated heterocycles. The molecule has 2 nitrogen and oxygen atoms in total. The fourth-order valence-corrected chi connectivity index (χ4v) is 8.10. The normalized spacial score (nSPS) is 13.7. The van der Waals surface area contributed by atoms with Crippen LogP contribution in [0.4, 0.5) is 0 Å². The minimum atomic E-state index is 0.936. The Hall–Kier alpha value is -5.99. The van der Waals surface area contributed by atoms with E-state index in [2.05, 4.69) is 162 Å². The van der Waals surface area contributed by atoms with Crippen molar-refractivity contribution in [2.24, 2.45) is 0 Å². The number of allylic oxidation sites excluding steroid dienone is 5. The van der Waals surface area contributed by atoms with Crippen LogP contribution >= 0.6 is 0 Å². The number of para-hydroxylation sites is 1. The molecule has 2 aliphatic rings. The van der Waals surface area contributed by atoms with Crippen molar-refractivity contribution in [3.8, 4) is 28.1 Å². The van der Waals surface area contributed by atoms with Crippen LogP contribution in [0, 0.1) is 0 Å². The number of benzene rings is 6. The van der Waals surface area contributed by atoms with Gasteiger partial charge in [0.25, 0.3) is 0 Å². The van der Waals surface area contributed by atoms with Gasteiger partial charge in [0.05, 0.1) is 16.6 Å². The van der Waals surface area contributed by atoms with Crippen LogP contribution in [0.1, 0.15) is 49.8 Å². The molecule has 0 fully saturated rings. The molecule has 0 N–H and O–H groups in total. The summed E-state index contributed by atoms with van der Waals surface area (Å²) in [4.78, 5) is 5.44. The van der Waals surface area contributed by atoms with Crippen molar-refractivity contribution in [2.75, 3.05) is 0 Å². The first kappa shape index (κ1) is 31.0. The van der Waals surface area contributed by atoms with Crippen molar-refractivity contribution in [3.05, 3.63) is 168 Å². The van der Waals surface area contributed by atoms with Crippen LogP contribution < -0.4 is 0 Å². The van der Waals surface area contributed by atoms with Crippen LogP contribution in [-0.2, 0) is 6.42 Å². The maximum atomic E-state index is 5.44. The fourth-order valence-electron chi connectivity index (χ4n) is 8.10. The number of aromatic nitrogens is 2. The van der Waals surface area contributed by atoms with Gasteiger partial charge in [-0.1, -0.05) is 147 Å². The number of nitrogens with zero attached hydrogens (tertiary/aromatic N) is 2. The fraction of sp³-hybridized carbons (Fsp3) is 0.122. The largest absolute Gasteiger partial charge is 0.294 e. The number of hydrogen-bond acceptors (Lipinski definition) is 1. The van der Waals surface area contributed by atoms with Crippen molar-refractivity contribution in [2.45, 2.75) is 39.5 Å². The summed E-state index contributed by atoms with van der Waals surface area (Å²) in [5, 5.41) is 6.20. The van der Waals surface area contributed by atoms with Crippen molar-refractivity contribution >= 4 is 55.1 Å². The molecule has 0 spiro atoms. The molecule has 51 heavy (non-hydrogen) atoms. The minimum absolute atomic E-state index is 0.936. The molecule has 0 amide bonds. The maximum absolute atomic E-state index is 5.44. The molecule has 0 saturated carbocycles. The van der Waals surface area contributed by atoms with E-state index in [9.17, 15) is 0 Å². The molecule has 2 aliphatic carbocycles. The number of rotatable bonds is 4. The van der Waals surface area contributed by atoms with E-state index in [0.29, 0.717) is 0 Å². The summed E-state index contributed by atoms with van der Waals surface area (Å²) in [7, 11) is 0. The summed E-state index contributed by atoms with van der Waals surface area (Å²) < 4.78 is 2.43. The molecule has 0 radical (unpaired) electrons. The average molecular weight is 657 g/mol. The zero-order valence-corrected chi connectivity index (χ0v) is 29.2. The Bertz CT molecular complexity index is 2700. The summed E-state index contributed by atoms with van der Waals surface area (Å²) >= 11 is 0. The highest BCUT2D eigenvalue weighted by Gasteiger charge is 2.21. The predicted molar refractivity (Wildman–Crippen MR) is 220 cm³/mol. The second-order valence-corrected chi connectivity index (χ2v) is 13.3. The van der Waals surface area contributed by atoms with Crippen LogP contribution in [0.2, 0.25) is 0 Å². The van der Waals surface area contributed by atoms with Crippen LogP contribution in [0.3, 0.4) is 0 Å². The Balaban J connectivity index is 0.00000171. The van der Waals surface area contributed by atoms with Gasteiger partial charge in [0, 0.05) is 16.2 Å². The van der Waals surface area contributed by atoms with Gasteiger partial charge in [-0.2, -0.15) is 0 Å². The van der Waals surface area contributed by atoms with E-state index >= 15 is 0 Å². The molecule has 2 heterocycles. The summed E-state index contributed by atoms with van der Waals surface area (Å²) in [6.07, 6.45) is 15.8. The quantitative estimate of drug-likeness (QED) is 0.184. The smallest absolute Gasteiger partial charge is 0.138 e. The lowest BCUT2D eigenvalue weighted by atomic mass is 9.92. The van der Waals surface area contributed by atoms with Gasteiger partial charge in [0.2, 0.25) is 0 Å². The Morgan fingerprint density at radius 2 is 1.27 bits per heavy atom. The zero-order chi connectivity index (χ0) is 34.3. The Labute approximate surface area is 299 Å². The molecular weight excluding hydrogens is 617 g/mol. The lowest BCUT2D eigenvalue weighted by Crippen LogP contribution is -2.01. The minimum Gasteiger partial charge on any atom is -0.294 e. The first-order valence-corrected chi connectivity index (χ1v) is 18.4. The first-order chi connectivity index (χ1) is 25.3. The van der Waals surface area contributed by atoms with Gasteiger partial charge in [-0.25, -0.2) is 4.98 Å². The van der Waals surface area contributed by atoms with E-state index in [1.165, 1.54) is 82.5 Å². The molecule has 2 heteroatoms. The Kier molecular flexibility index (Phi) is 7.93. The highest BCUT2D eigenvalue weighted by atomic mass is 15.1. The molecule has 6 aromatic carbocycles. The van der Waals surface area contributed by atoms with Gasteiger partial charge >= 0.3 is 0 Å². The van der Waals surface area contributed by atoms with E-state index in [4.69, 9.17) is 4.98 Å². The van der Waals surface area contributed by atoms with E-state index in [-0.39, 0.29) is 0 Å². The molecule has 0 aliphatic heterocycles. The van der Waals surface area contributed by atoms with Crippen molar-refractivity contribution in [3.63, 3.8) is 0 Å². The molecular formula is C49H40N2. The third-order valence-electron chi connectivity index (χ3n) is 10.4. The molecule has 10 rings (SSSR count). The predicted octanol–water partition coefficient (Wildman–Crippen LogP) is 13.5. The van der Waals surface area contributed by atoms with Crippen molar-refractivity contribution in [1.82, 2.24) is 9.55 Å². The van der Waals surface area contributed by atoms with E-state index in [1.54, 1.807) is 0 Å². The monoisotopic (exact) mass is 656 g/mol. The van der Waals surface area contributed by atoms with Gasteiger partial charge in [0.15, 0.2) is 0 Å². The lowest BCUT2D eigenvalue weighted by Gasteiger charge is -2.16. The second-order valence-electron chi connectivity index (χ2n) is 13.3. The highest BCUT2D eigenvalue weighted by molar-refractivity contribution is 6.24. The van der Waals surface area contributed by atoms with Gasteiger partial charge in [-0.15, -0.1) is 0 Å². The SMILES string of the molecule is C1=CC(c2ccc3c4c5ccccc5c(-c5ccccc5)cc4n(-c4cc(-c5ccc6c(c5)CCC=C6)c5ccccc5n4)c3c2)=CCC1.CC. The second kappa shape index (κ2) is 13.0. The summed E-state index contributed by atoms with van der Waals surface area (Å²) in [5.41, 5.74) is 13.5. The van der Waals surface area contributed by atoms with Crippen LogP contribution in [0.5, 0.6) is 0 Å². The Morgan fingerprint density at radius 1 is 0.529 bits per heavy atom. The molecule has 8 aromatic rings. The molecule has 0 bridgehead atoms. The summed E-state index contributed by atoms with van der Waals surface area (Å²) in [6, 6.07) is 47.0. The van der Waals surface area contributed by atoms with Crippen LogP contribution in [-0.4, -0.2) is 9.55 Å². The summed E-state index contributed by atoms with van der Waals surface area (Å²) in [6.45, 7) is 4.00. The summed E-state index contributed by atoms with van der Waals surface area (Å²) in [5.74, 6) is 0.936. The Morgan fingerprint density at radius 3 is 2.12 bits per heavy atom. The van der Waals surface area contributed by atoms with Gasteiger partial charge in [0.1, 0.15) is 5.82 Å². The average Bonchev–Trinajstić information content (AvgIpc) is 3.55. The van der Waals surface area contributed by atoms with E-state index in [1.807, 2.05) is 13.8 Å². The van der Waals surface area contributed by atoms with E-state index in [0.717, 1.165) is 37.0 Å². The highest BCUT2D eigenvalue weighted by Crippen LogP contribution is 2.43. The van der Waals surface area contributed by atoms with Crippen LogP contribution in [0.25, 0.3) is 83.2 Å². The van der Waals surface area contributed by atoms with Crippen molar-refractivity contribution < 1.29 is 0 Å². The van der Waals surface area contributed by atoms with E-state index < -0.39 is 0 Å². The molecule has 2 aromatic heterocycles. The number of aryl methyl sites for hydroxylation is 1. The van der Waals surface area contributed by atoms with Gasteiger partial charge in [-0.05, 0) is 105 Å². The number of pyridine rings is 1. The third-order valence-corrected chi connectivity index (χ3v) is 10.4. The number of hydrogen-bond donors (Lipinski definition) is 0. The first-order valence-electron chi connectivity index (χ1n) is 18.4. The van der Waals surface area contributed by atoms with Gasteiger partial charge in [-0.3, -0.25) is 4.57 Å². The van der Waals surface area contributed by atoms with Crippen LogP contribution in [0.15, 0.2) is 152 Å². The van der Waals surface area contributed by atoms with Gasteiger partial charge < -0.3 is 0 Å². The maximum Gasteiger partial charge on any atom is 0.138 e. The lowest BCUT2D eigenvalue weighted by molar-refractivity contribution is 0.986. The standard InChI is InChI=1S/C47H34N2.C2H6/c1-3-13-31(14-4-1)35-25-26-40-44(28-35)49(45-29-41(33-16-5-2-6-17-33)37-19-9-10-21-39(37)47(40)45)46-30-42(38-20-11-12-22-43(38)48-46)36-24-23-32-15-7-8-18-34(32)27-36;1-2/h2-3,5-7,9-17,19-30H,1,4,8,18H2;1-2H3. The molecule has 0 atom stereocenters. The third kappa shape index (κ3) is 5.30. The number of fused-ring (bicyclic) bond motifs is 7.